The first-order valence-corrected chi connectivity index (χ1v) is 7.50. The van der Waals surface area contributed by atoms with Gasteiger partial charge in [-0.1, -0.05) is 18.5 Å². The second-order valence-electron chi connectivity index (χ2n) is 5.63. The largest absolute Gasteiger partial charge is 0.332 e. The van der Waals surface area contributed by atoms with Gasteiger partial charge in [-0.05, 0) is 43.7 Å². The maximum atomic E-state index is 8.77. The Kier molecular flexibility index (Phi) is 3.96. The topological polar surface area (TPSA) is 75.6 Å². The minimum Gasteiger partial charge on any atom is -0.332 e. The number of aromatic nitrogens is 3. The zero-order chi connectivity index (χ0) is 14.7. The van der Waals surface area contributed by atoms with Crippen LogP contribution in [0, 0.1) is 17.2 Å². The molecule has 0 radical (unpaired) electrons. The van der Waals surface area contributed by atoms with Crippen LogP contribution in [0.3, 0.4) is 0 Å². The van der Waals surface area contributed by atoms with Crippen LogP contribution in [0.15, 0.2) is 22.9 Å². The van der Waals surface area contributed by atoms with Crippen LogP contribution in [0.2, 0.25) is 0 Å². The van der Waals surface area contributed by atoms with Crippen molar-refractivity contribution in [1.29, 1.82) is 5.26 Å². The standard InChI is InChI=1S/C16H18N4O/c1-2-11-3-6-13(7-4-11)15-19-16(21-20-15)14-8-5-12(9-17)10-18-14/h5,8,10-11,13H,2-4,6-7H2,1H3. The predicted molar refractivity (Wildman–Crippen MR) is 77.2 cm³/mol. The minimum absolute atomic E-state index is 0.406. The van der Waals surface area contributed by atoms with Gasteiger partial charge in [-0.15, -0.1) is 0 Å². The molecular formula is C16H18N4O. The molecule has 0 aromatic carbocycles. The third-order valence-corrected chi connectivity index (χ3v) is 4.34. The summed E-state index contributed by atoms with van der Waals surface area (Å²) in [5, 5.41) is 12.9. The summed E-state index contributed by atoms with van der Waals surface area (Å²) in [7, 11) is 0. The zero-order valence-electron chi connectivity index (χ0n) is 12.1. The van der Waals surface area contributed by atoms with Gasteiger partial charge < -0.3 is 4.52 Å². The van der Waals surface area contributed by atoms with Crippen molar-refractivity contribution >= 4 is 0 Å². The molecule has 0 bridgehead atoms. The number of nitriles is 1. The molecule has 108 valence electrons. The lowest BCUT2D eigenvalue weighted by Gasteiger charge is -2.25. The van der Waals surface area contributed by atoms with Crippen molar-refractivity contribution in [2.75, 3.05) is 0 Å². The number of rotatable bonds is 3. The van der Waals surface area contributed by atoms with E-state index in [2.05, 4.69) is 22.0 Å². The second kappa shape index (κ2) is 6.04. The predicted octanol–water partition coefficient (Wildman–Crippen LogP) is 3.69. The maximum Gasteiger partial charge on any atom is 0.276 e. The van der Waals surface area contributed by atoms with E-state index in [9.17, 15) is 0 Å². The Morgan fingerprint density at radius 1 is 1.29 bits per heavy atom. The van der Waals surface area contributed by atoms with Gasteiger partial charge in [0.15, 0.2) is 5.82 Å². The monoisotopic (exact) mass is 282 g/mol. The van der Waals surface area contributed by atoms with E-state index in [1.165, 1.54) is 25.5 Å². The third kappa shape index (κ3) is 2.94. The fraction of sp³-hybridized carbons (Fsp3) is 0.500. The summed E-state index contributed by atoms with van der Waals surface area (Å²) >= 11 is 0. The van der Waals surface area contributed by atoms with E-state index in [-0.39, 0.29) is 0 Å². The molecule has 0 saturated heterocycles. The highest BCUT2D eigenvalue weighted by Crippen LogP contribution is 2.36. The first-order valence-electron chi connectivity index (χ1n) is 7.50. The molecule has 1 saturated carbocycles. The molecule has 5 nitrogen and oxygen atoms in total. The zero-order valence-corrected chi connectivity index (χ0v) is 12.1. The smallest absolute Gasteiger partial charge is 0.276 e. The molecule has 0 amide bonds. The normalized spacial score (nSPS) is 21.9. The Morgan fingerprint density at radius 3 is 2.71 bits per heavy atom. The van der Waals surface area contributed by atoms with Crippen LogP contribution in [0.4, 0.5) is 0 Å². The van der Waals surface area contributed by atoms with Gasteiger partial charge in [-0.3, -0.25) is 0 Å². The molecule has 5 heteroatoms. The van der Waals surface area contributed by atoms with Crippen LogP contribution in [0.25, 0.3) is 11.6 Å². The summed E-state index contributed by atoms with van der Waals surface area (Å²) in [6, 6.07) is 5.49. The SMILES string of the molecule is CCC1CCC(c2noc(-c3ccc(C#N)cn3)n2)CC1. The molecule has 0 unspecified atom stereocenters. The van der Waals surface area contributed by atoms with Crippen molar-refractivity contribution in [3.63, 3.8) is 0 Å². The van der Waals surface area contributed by atoms with E-state index in [1.54, 1.807) is 12.1 Å². The molecule has 0 aliphatic heterocycles. The summed E-state index contributed by atoms with van der Waals surface area (Å²) in [6.45, 7) is 2.26. The van der Waals surface area contributed by atoms with Crippen LogP contribution in [-0.4, -0.2) is 15.1 Å². The summed E-state index contributed by atoms with van der Waals surface area (Å²) in [6.07, 6.45) is 7.56. The molecule has 0 spiro atoms. The number of nitrogens with zero attached hydrogens (tertiary/aromatic N) is 4. The van der Waals surface area contributed by atoms with E-state index in [0.717, 1.165) is 24.6 Å². The second-order valence-corrected chi connectivity index (χ2v) is 5.63. The Morgan fingerprint density at radius 2 is 2.10 bits per heavy atom. The van der Waals surface area contributed by atoms with Crippen LogP contribution in [-0.2, 0) is 0 Å². The van der Waals surface area contributed by atoms with Crippen molar-refractivity contribution in [2.24, 2.45) is 5.92 Å². The van der Waals surface area contributed by atoms with Crippen molar-refractivity contribution in [3.8, 4) is 17.7 Å². The molecule has 2 aromatic rings. The first kappa shape index (κ1) is 13.7. The Bertz CT molecular complexity index is 633. The minimum atomic E-state index is 0.406. The summed E-state index contributed by atoms with van der Waals surface area (Å²) in [5.41, 5.74) is 1.14. The lowest BCUT2D eigenvalue weighted by molar-refractivity contribution is 0.305. The van der Waals surface area contributed by atoms with E-state index in [1.807, 2.05) is 6.07 Å². The van der Waals surface area contributed by atoms with Crippen molar-refractivity contribution in [3.05, 3.63) is 29.7 Å². The quantitative estimate of drug-likeness (QED) is 0.858. The van der Waals surface area contributed by atoms with Gasteiger partial charge in [0, 0.05) is 12.1 Å². The lowest BCUT2D eigenvalue weighted by Crippen LogP contribution is -2.13. The van der Waals surface area contributed by atoms with Crippen molar-refractivity contribution < 1.29 is 4.52 Å². The molecule has 1 aliphatic rings. The molecule has 0 atom stereocenters. The van der Waals surface area contributed by atoms with Gasteiger partial charge >= 0.3 is 0 Å². The van der Waals surface area contributed by atoms with Gasteiger partial charge in [-0.25, -0.2) is 4.98 Å². The van der Waals surface area contributed by atoms with Crippen LogP contribution in [0.1, 0.15) is 56.3 Å². The van der Waals surface area contributed by atoms with Gasteiger partial charge in [0.05, 0.1) is 5.56 Å². The number of hydrogen-bond donors (Lipinski definition) is 0. The number of hydrogen-bond acceptors (Lipinski definition) is 5. The molecule has 0 N–H and O–H groups in total. The molecule has 1 aliphatic carbocycles. The molecular weight excluding hydrogens is 264 g/mol. The van der Waals surface area contributed by atoms with Crippen molar-refractivity contribution in [1.82, 2.24) is 15.1 Å². The van der Waals surface area contributed by atoms with Gasteiger partial charge in [0.1, 0.15) is 11.8 Å². The Labute approximate surface area is 124 Å². The molecule has 1 fully saturated rings. The first-order chi connectivity index (χ1) is 10.3. The highest BCUT2D eigenvalue weighted by Gasteiger charge is 2.25. The molecule has 2 aromatic heterocycles. The van der Waals surface area contributed by atoms with Gasteiger partial charge in [0.2, 0.25) is 0 Å². The van der Waals surface area contributed by atoms with E-state index in [0.29, 0.717) is 23.1 Å². The van der Waals surface area contributed by atoms with Gasteiger partial charge in [-0.2, -0.15) is 10.2 Å². The average Bonchev–Trinajstić information content (AvgIpc) is 3.05. The fourth-order valence-corrected chi connectivity index (χ4v) is 2.92. The fourth-order valence-electron chi connectivity index (χ4n) is 2.92. The maximum absolute atomic E-state index is 8.77. The Hall–Kier alpha value is -2.22. The molecule has 21 heavy (non-hydrogen) atoms. The highest BCUT2D eigenvalue weighted by molar-refractivity contribution is 5.47. The van der Waals surface area contributed by atoms with Gasteiger partial charge in [0.25, 0.3) is 5.89 Å². The van der Waals surface area contributed by atoms with E-state index >= 15 is 0 Å². The summed E-state index contributed by atoms with van der Waals surface area (Å²) in [4.78, 5) is 8.67. The molecule has 3 rings (SSSR count). The van der Waals surface area contributed by atoms with Crippen LogP contribution >= 0.6 is 0 Å². The summed E-state index contributed by atoms with van der Waals surface area (Å²) < 4.78 is 5.32. The Balaban J connectivity index is 1.73. The van der Waals surface area contributed by atoms with E-state index < -0.39 is 0 Å². The summed E-state index contributed by atoms with van der Waals surface area (Å²) in [5.74, 6) is 2.49. The third-order valence-electron chi connectivity index (χ3n) is 4.34. The number of pyridine rings is 1. The van der Waals surface area contributed by atoms with Crippen molar-refractivity contribution in [2.45, 2.75) is 44.9 Å². The van der Waals surface area contributed by atoms with Crippen LogP contribution < -0.4 is 0 Å². The average molecular weight is 282 g/mol. The highest BCUT2D eigenvalue weighted by atomic mass is 16.5. The van der Waals surface area contributed by atoms with Crippen LogP contribution in [0.5, 0.6) is 0 Å². The van der Waals surface area contributed by atoms with E-state index in [4.69, 9.17) is 9.78 Å². The molecule has 2 heterocycles. The lowest BCUT2D eigenvalue weighted by atomic mass is 9.80.